The lowest BCUT2D eigenvalue weighted by atomic mass is 9.97. The molecule has 0 fully saturated rings. The fourth-order valence-electron chi connectivity index (χ4n) is 2.20. The molecule has 0 atom stereocenters. The molecule has 0 aliphatic rings. The summed E-state index contributed by atoms with van der Waals surface area (Å²) in [7, 11) is 4.35. The van der Waals surface area contributed by atoms with E-state index in [1.54, 1.807) is 12.1 Å². The third kappa shape index (κ3) is 3.22. The average molecular weight is 334 g/mol. The van der Waals surface area contributed by atoms with Crippen LogP contribution in [0, 0.1) is 11.6 Å². The molecular formula is C18H16F2O4. The molecule has 0 saturated heterocycles. The Morgan fingerprint density at radius 2 is 1.46 bits per heavy atom. The maximum atomic E-state index is 13.3. The molecule has 0 spiro atoms. The second-order valence-corrected chi connectivity index (χ2v) is 4.85. The zero-order chi connectivity index (χ0) is 17.9. The number of ether oxygens (including phenoxy) is 3. The second-order valence-electron chi connectivity index (χ2n) is 4.85. The molecule has 0 aromatic heterocycles. The lowest BCUT2D eigenvalue weighted by Crippen LogP contribution is -2.04. The van der Waals surface area contributed by atoms with Crippen LogP contribution in [0.2, 0.25) is 0 Å². The van der Waals surface area contributed by atoms with E-state index in [9.17, 15) is 13.6 Å². The number of methoxy groups -OCH3 is 3. The second kappa shape index (κ2) is 7.12. The van der Waals surface area contributed by atoms with Gasteiger partial charge in [0.15, 0.2) is 28.9 Å². The number of allylic oxidation sites excluding steroid dienone is 1. The molecule has 0 aliphatic heterocycles. The van der Waals surface area contributed by atoms with Crippen molar-refractivity contribution in [2.75, 3.05) is 21.3 Å². The van der Waals surface area contributed by atoms with Crippen LogP contribution in [-0.2, 0) is 0 Å². The molecule has 2 aromatic rings. The van der Waals surface area contributed by atoms with Gasteiger partial charge in [0, 0.05) is 11.1 Å². The molecule has 0 N–H and O–H groups in total. The van der Waals surface area contributed by atoms with Crippen LogP contribution in [0.1, 0.15) is 15.9 Å². The Kier molecular flexibility index (Phi) is 5.18. The molecule has 0 unspecified atom stereocenters. The van der Waals surface area contributed by atoms with Crippen molar-refractivity contribution in [3.05, 3.63) is 59.7 Å². The molecule has 0 saturated carbocycles. The Balaban J connectivity index is 2.45. The van der Waals surface area contributed by atoms with Gasteiger partial charge in [0.05, 0.1) is 21.3 Å². The largest absolute Gasteiger partial charge is 0.493 e. The molecule has 0 bridgehead atoms. The van der Waals surface area contributed by atoms with Crippen LogP contribution >= 0.6 is 0 Å². The predicted octanol–water partition coefficient (Wildman–Crippen LogP) is 3.89. The summed E-state index contributed by atoms with van der Waals surface area (Å²) in [5.41, 5.74) is 0.493. The summed E-state index contributed by atoms with van der Waals surface area (Å²) in [6.07, 6.45) is 0. The van der Waals surface area contributed by atoms with E-state index in [1.807, 2.05) is 0 Å². The van der Waals surface area contributed by atoms with Crippen LogP contribution in [0.3, 0.4) is 0 Å². The number of ketones is 1. The summed E-state index contributed by atoms with van der Waals surface area (Å²) in [6.45, 7) is 3.74. The number of hydrogen-bond donors (Lipinski definition) is 0. The van der Waals surface area contributed by atoms with Crippen molar-refractivity contribution in [1.82, 2.24) is 0 Å². The first kappa shape index (κ1) is 17.5. The molecule has 4 nitrogen and oxygen atoms in total. The van der Waals surface area contributed by atoms with Gasteiger partial charge in [0.2, 0.25) is 5.75 Å². The molecular weight excluding hydrogens is 318 g/mol. The van der Waals surface area contributed by atoms with E-state index in [1.165, 1.54) is 27.4 Å². The predicted molar refractivity (Wildman–Crippen MR) is 85.8 cm³/mol. The quantitative estimate of drug-likeness (QED) is 0.594. The van der Waals surface area contributed by atoms with Gasteiger partial charge in [-0.25, -0.2) is 8.78 Å². The van der Waals surface area contributed by atoms with E-state index in [2.05, 4.69) is 6.58 Å². The van der Waals surface area contributed by atoms with Gasteiger partial charge in [-0.2, -0.15) is 0 Å². The third-order valence-electron chi connectivity index (χ3n) is 3.47. The van der Waals surface area contributed by atoms with Crippen molar-refractivity contribution in [1.29, 1.82) is 0 Å². The fourth-order valence-corrected chi connectivity index (χ4v) is 2.20. The number of Topliss-reactive ketones (excluding diaryl/α,β-unsaturated/α-hetero) is 1. The van der Waals surface area contributed by atoms with Gasteiger partial charge in [-0.1, -0.05) is 6.58 Å². The number of hydrogen-bond acceptors (Lipinski definition) is 4. The topological polar surface area (TPSA) is 44.8 Å². The Hall–Kier alpha value is -2.89. The van der Waals surface area contributed by atoms with Crippen LogP contribution in [0.25, 0.3) is 5.57 Å². The third-order valence-corrected chi connectivity index (χ3v) is 3.47. The van der Waals surface area contributed by atoms with Gasteiger partial charge >= 0.3 is 0 Å². The highest BCUT2D eigenvalue weighted by atomic mass is 19.2. The SMILES string of the molecule is C=C(C(=O)c1ccc(F)c(F)c1)c1cc(OC)c(OC)c(OC)c1. The first-order valence-corrected chi connectivity index (χ1v) is 6.92. The monoisotopic (exact) mass is 334 g/mol. The normalized spacial score (nSPS) is 10.2. The lowest BCUT2D eigenvalue weighted by molar-refractivity contribution is 0.105. The highest BCUT2D eigenvalue weighted by Gasteiger charge is 2.19. The van der Waals surface area contributed by atoms with Crippen LogP contribution in [0.5, 0.6) is 17.2 Å². The van der Waals surface area contributed by atoms with Crippen molar-refractivity contribution < 1.29 is 27.8 Å². The highest BCUT2D eigenvalue weighted by Crippen LogP contribution is 2.40. The summed E-state index contributed by atoms with van der Waals surface area (Å²) < 4.78 is 42.0. The minimum absolute atomic E-state index is 0.00680. The van der Waals surface area contributed by atoms with Crippen molar-refractivity contribution in [2.24, 2.45) is 0 Å². The number of benzene rings is 2. The molecule has 0 heterocycles. The molecule has 2 aromatic carbocycles. The minimum Gasteiger partial charge on any atom is -0.493 e. The van der Waals surface area contributed by atoms with Gasteiger partial charge in [-0.15, -0.1) is 0 Å². The highest BCUT2D eigenvalue weighted by molar-refractivity contribution is 6.28. The van der Waals surface area contributed by atoms with Crippen molar-refractivity contribution in [3.8, 4) is 17.2 Å². The van der Waals surface area contributed by atoms with E-state index >= 15 is 0 Å². The molecule has 6 heteroatoms. The average Bonchev–Trinajstić information content (AvgIpc) is 2.61. The fraction of sp³-hybridized carbons (Fsp3) is 0.167. The standard InChI is InChI=1S/C18H16F2O4/c1-10(17(21)11-5-6-13(19)14(20)7-11)12-8-15(22-2)18(24-4)16(9-12)23-3/h5-9H,1H2,2-4H3. The molecule has 0 radical (unpaired) electrons. The van der Waals surface area contributed by atoms with Crippen LogP contribution < -0.4 is 14.2 Å². The molecule has 2 rings (SSSR count). The molecule has 24 heavy (non-hydrogen) atoms. The zero-order valence-electron chi connectivity index (χ0n) is 13.5. The van der Waals surface area contributed by atoms with E-state index in [0.717, 1.165) is 12.1 Å². The van der Waals surface area contributed by atoms with Gasteiger partial charge in [0.25, 0.3) is 0 Å². The molecule has 126 valence electrons. The molecule has 0 aliphatic carbocycles. The van der Waals surface area contributed by atoms with Gasteiger partial charge < -0.3 is 14.2 Å². The van der Waals surface area contributed by atoms with E-state index in [0.29, 0.717) is 22.8 Å². The first-order chi connectivity index (χ1) is 11.4. The lowest BCUT2D eigenvalue weighted by Gasteiger charge is -2.15. The van der Waals surface area contributed by atoms with Crippen LogP contribution in [-0.4, -0.2) is 27.1 Å². The van der Waals surface area contributed by atoms with E-state index in [4.69, 9.17) is 14.2 Å². The summed E-state index contributed by atoms with van der Waals surface area (Å²) in [5, 5.41) is 0. The summed E-state index contributed by atoms with van der Waals surface area (Å²) >= 11 is 0. The van der Waals surface area contributed by atoms with Gasteiger partial charge in [-0.3, -0.25) is 4.79 Å². The Bertz CT molecular complexity index is 775. The summed E-state index contributed by atoms with van der Waals surface area (Å²) in [5.74, 6) is -1.58. The number of rotatable bonds is 6. The Labute approximate surface area is 138 Å². The van der Waals surface area contributed by atoms with Crippen molar-refractivity contribution in [2.45, 2.75) is 0 Å². The minimum atomic E-state index is -1.10. The zero-order valence-corrected chi connectivity index (χ0v) is 13.5. The first-order valence-electron chi connectivity index (χ1n) is 6.92. The maximum absolute atomic E-state index is 13.3. The summed E-state index contributed by atoms with van der Waals surface area (Å²) in [6, 6.07) is 6.04. The Morgan fingerprint density at radius 1 is 0.875 bits per heavy atom. The van der Waals surface area contributed by atoms with Crippen LogP contribution in [0.4, 0.5) is 8.78 Å². The van der Waals surface area contributed by atoms with Crippen molar-refractivity contribution >= 4 is 11.4 Å². The molecule has 0 amide bonds. The summed E-state index contributed by atoms with van der Waals surface area (Å²) in [4.78, 5) is 12.5. The number of carbonyl (C=O) groups excluding carboxylic acids is 1. The maximum Gasteiger partial charge on any atom is 0.203 e. The van der Waals surface area contributed by atoms with Crippen LogP contribution in [0.15, 0.2) is 36.9 Å². The number of halogens is 2. The van der Waals surface area contributed by atoms with Crippen molar-refractivity contribution in [3.63, 3.8) is 0 Å². The van der Waals surface area contributed by atoms with E-state index in [-0.39, 0.29) is 11.1 Å². The van der Waals surface area contributed by atoms with Gasteiger partial charge in [0.1, 0.15) is 0 Å². The Morgan fingerprint density at radius 3 is 1.92 bits per heavy atom. The van der Waals surface area contributed by atoms with Gasteiger partial charge in [-0.05, 0) is 35.9 Å². The van der Waals surface area contributed by atoms with E-state index < -0.39 is 17.4 Å². The smallest absolute Gasteiger partial charge is 0.203 e. The number of carbonyl (C=O) groups is 1.